The monoisotopic (exact) mass is 2010 g/mol. The van der Waals surface area contributed by atoms with E-state index in [4.69, 9.17) is 41.6 Å². The van der Waals surface area contributed by atoms with E-state index in [2.05, 4.69) is 490 Å². The molecular weight excluding hydrogens is 1990 g/mol. The number of terminal acetylenes is 3. The number of nitrogens with zero attached hydrogens (tertiary/aromatic N) is 3. The Morgan fingerprint density at radius 2 is 0.500 bits per heavy atom. The van der Waals surface area contributed by atoms with Crippen LogP contribution in [-0.2, 0) is 200 Å². The topological polar surface area (TPSA) is 149 Å². The Morgan fingerprint density at radius 3 is 0.625 bits per heavy atom. The second-order valence-electron chi connectivity index (χ2n) is 16.1. The molecule has 0 atom stereocenters. The predicted octanol–water partition coefficient (Wildman–Crippen LogP) is 1.11. The van der Waals surface area contributed by atoms with Gasteiger partial charge in [-0.25, -0.2) is 16.8 Å². The van der Waals surface area contributed by atoms with Gasteiger partial charge in [0.15, 0.2) is 22.4 Å². The molecule has 31 heteroatoms. The van der Waals surface area contributed by atoms with Crippen LogP contribution in [0.2, 0.25) is 0 Å². The second-order valence-corrected chi connectivity index (χ2v) is 50.5. The standard InChI is InChI=1S/C42H2.C41H4.C7H10N2O3S.C4H4N2O.C3H6O2S.S19/c1-3-5-7-9-11-13-15-17-19-21-23-25-27-29-31-33-35-37-39-41-42-40-38-36-34-32-30-28-26-24-22-20-18-16-14-12-10-8-6-4-2;1-3-5-7-9-11-13-15-17-19-21-23-25-27-29-31-33-35-37-39-41-40-38-36-34-32-30-28-26-24-22-20-18-16-14-12-10-8-6-4-2;1-13(11,12)3-2-9-5-7(6-10)4-8-9;7-3-4-1-5-6-2-4;1-3-6(2,4)5;1-3-5-7-9-11-13-15-17-19-18-16-14-12-10-8-6-4-2/h1-2H;1H,2H3;4-6H,2-3H2,1H3;1-3H,(H,5,6);3H,1H2,2H3;. The fourth-order valence-electron chi connectivity index (χ4n) is 3.71. The van der Waals surface area contributed by atoms with Crippen LogP contribution in [0.15, 0.2) is 36.8 Å². The Morgan fingerprint density at radius 1 is 0.320 bits per heavy atom. The van der Waals surface area contributed by atoms with Gasteiger partial charge in [-0.3, -0.25) is 19.4 Å². The maximum Gasteiger partial charge on any atom is 0.168 e. The van der Waals surface area contributed by atoms with Crippen molar-refractivity contribution in [3.63, 3.8) is 0 Å². The van der Waals surface area contributed by atoms with Crippen LogP contribution >= 0.6 is 0 Å². The molecule has 0 aliphatic rings. The largest absolute Gasteiger partial charge is 0.298 e. The third-order valence-electron chi connectivity index (χ3n) is 7.79. The number of nitrogens with one attached hydrogen (secondary N) is 1. The Hall–Kier alpha value is -16.5. The summed E-state index contributed by atoms with van der Waals surface area (Å²) in [7, 11) is 23.1. The molecule has 0 unspecified atom stereocenters. The van der Waals surface area contributed by atoms with Gasteiger partial charge < -0.3 is 0 Å². The van der Waals surface area contributed by atoms with Crippen molar-refractivity contribution in [2.45, 2.75) is 13.5 Å². The van der Waals surface area contributed by atoms with Gasteiger partial charge in [-0.05, 0) is 196 Å². The van der Waals surface area contributed by atoms with Crippen molar-refractivity contribution in [2.24, 2.45) is 0 Å². The van der Waals surface area contributed by atoms with Crippen LogP contribution in [0.5, 0.6) is 0 Å². The van der Waals surface area contributed by atoms with E-state index in [0.717, 1.165) is 24.2 Å². The van der Waals surface area contributed by atoms with Crippen molar-refractivity contribution in [1.82, 2.24) is 20.0 Å². The minimum Gasteiger partial charge on any atom is -0.298 e. The van der Waals surface area contributed by atoms with Crippen LogP contribution in [0.3, 0.4) is 0 Å². The molecule has 2 aromatic heterocycles. The molecule has 10 nitrogen and oxygen atoms in total. The Labute approximate surface area is 808 Å². The molecule has 0 spiro atoms. The summed E-state index contributed by atoms with van der Waals surface area (Å²) in [5.41, 5.74) is 1.04. The van der Waals surface area contributed by atoms with Crippen LogP contribution in [0.4, 0.5) is 0 Å². The number of aldehydes is 2. The number of carbonyl (C=O) groups is 2. The highest BCUT2D eigenvalue weighted by Crippen LogP contribution is 1.95. The fraction of sp³-hybridized carbons (Fsp3) is 0.0515. The lowest BCUT2D eigenvalue weighted by Crippen LogP contribution is -2.11. The van der Waals surface area contributed by atoms with Gasteiger partial charge in [0, 0.05) is 476 Å². The second kappa shape index (κ2) is 105. The third-order valence-corrected chi connectivity index (χ3v) is 44.9. The van der Waals surface area contributed by atoms with Crippen molar-refractivity contribution in [3.05, 3.63) is 47.9 Å². The molecule has 1 N–H and O–H groups in total. The highest BCUT2D eigenvalue weighted by molar-refractivity contribution is 8.78. The molecule has 0 saturated heterocycles. The van der Waals surface area contributed by atoms with Gasteiger partial charge in [-0.2, -0.15) is 10.2 Å². The van der Waals surface area contributed by atoms with E-state index in [9.17, 15) is 26.4 Å². The van der Waals surface area contributed by atoms with E-state index in [0.29, 0.717) is 17.4 Å². The van der Waals surface area contributed by atoms with Crippen molar-refractivity contribution in [2.75, 3.05) is 18.3 Å². The quantitative estimate of drug-likeness (QED) is 0.330. The SMILES string of the molecule is C#CC#CC#CC#CC#CC#CC#CC#CC#CC#CC#CC#CC#CC#CC#CC#CC#CC#CC#CC#CC.C#CC#CC#CC#CC#CC#CC#CC#CC#CC#CC#CC#CC#CC#CC#CC#CC#CC#CC#CC#CC#C.C=CS(C)(=O)=O.CS(=O)(=O)CCn1cc(C=O)cn1.O=Cc1cn[nH]c1.S=S=S=S=S=S=S=S=S=S=S=S=S=S=S=S=S=S=S. The molecule has 0 bridgehead atoms. The van der Waals surface area contributed by atoms with Crippen molar-refractivity contribution in [1.29, 1.82) is 0 Å². The minimum atomic E-state index is -2.97. The summed E-state index contributed by atoms with van der Waals surface area (Å²) in [6.07, 6.45) is 24.4. The summed E-state index contributed by atoms with van der Waals surface area (Å²) in [5.74, 6) is 195. The fourth-order valence-corrected chi connectivity index (χ4v) is 45.4. The normalized spacial score (nSPS) is 5.75. The van der Waals surface area contributed by atoms with Gasteiger partial charge in [0.05, 0.1) is 35.8 Å². The van der Waals surface area contributed by atoms with E-state index in [1.807, 2.05) is 0 Å². The lowest BCUT2D eigenvalue weighted by atomic mass is 10.4. The highest BCUT2D eigenvalue weighted by atomic mass is 33.5. The molecule has 0 aliphatic heterocycles. The summed E-state index contributed by atoms with van der Waals surface area (Å²) in [6.45, 7) is 5.02. The zero-order valence-electron chi connectivity index (χ0n) is 64.3. The van der Waals surface area contributed by atoms with E-state index in [1.165, 1.54) is 47.2 Å². The van der Waals surface area contributed by atoms with Crippen molar-refractivity contribution < 1.29 is 26.4 Å². The first-order valence-electron chi connectivity index (χ1n) is 30.5. The molecule has 0 fully saturated rings. The number of hydrogen-bond donors (Lipinski definition) is 1. The summed E-state index contributed by atoms with van der Waals surface area (Å²) in [4.78, 5) is 20.1. The van der Waals surface area contributed by atoms with Crippen LogP contribution in [0.25, 0.3) is 0 Å². The minimum absolute atomic E-state index is 0.0347. The maximum atomic E-state index is 10.8. The highest BCUT2D eigenvalue weighted by Gasteiger charge is 2.03. The zero-order valence-corrected chi connectivity index (χ0v) is 81.4. The smallest absolute Gasteiger partial charge is 0.168 e. The summed E-state index contributed by atoms with van der Waals surface area (Å²) in [5, 5.41) is 10.8. The molecule has 0 radical (unpaired) electrons. The van der Waals surface area contributed by atoms with Crippen LogP contribution in [0.1, 0.15) is 27.6 Å². The van der Waals surface area contributed by atoms with Crippen molar-refractivity contribution >= 4 is 206 Å². The molecule has 0 amide bonds. The van der Waals surface area contributed by atoms with Gasteiger partial charge in [0.2, 0.25) is 0 Å². The number of aromatic amines is 1. The molecule has 0 saturated carbocycles. The zero-order chi connectivity index (χ0) is 94.1. The van der Waals surface area contributed by atoms with Crippen LogP contribution in [-0.4, -0.2) is 67.7 Å². The molecule has 128 heavy (non-hydrogen) atoms. The summed E-state index contributed by atoms with van der Waals surface area (Å²) in [6, 6.07) is 0. The molecule has 2 heterocycles. The van der Waals surface area contributed by atoms with Gasteiger partial charge in [0.25, 0.3) is 0 Å². The number of carbonyl (C=O) groups excluding carboxylic acids is 2. The summed E-state index contributed by atoms with van der Waals surface area (Å²) >= 11 is 9.50. The first kappa shape index (κ1) is 118. The predicted molar refractivity (Wildman–Crippen MR) is 564 cm³/mol. The maximum absolute atomic E-state index is 10.8. The van der Waals surface area contributed by atoms with Gasteiger partial charge in [0.1, 0.15) is 9.84 Å². The van der Waals surface area contributed by atoms with Crippen LogP contribution < -0.4 is 0 Å². The van der Waals surface area contributed by atoms with Gasteiger partial charge in [-0.1, -0.05) is 12.5 Å². The number of aromatic nitrogens is 4. The number of sulfone groups is 2. The van der Waals surface area contributed by atoms with E-state index < -0.39 is 19.7 Å². The Bertz CT molecular complexity index is 8490. The number of rotatable bonds is 6. The molecule has 596 valence electrons. The molecule has 0 aromatic carbocycles. The van der Waals surface area contributed by atoms with Gasteiger partial charge in [-0.15, -0.1) is 19.3 Å². The number of H-pyrrole nitrogens is 1. The Balaban J connectivity index is -0.000000814. The third kappa shape index (κ3) is 116. The lowest BCUT2D eigenvalue weighted by molar-refractivity contribution is 0.111. The molecule has 2 rings (SSSR count). The number of hydrogen-bond acceptors (Lipinski definition) is 10. The van der Waals surface area contributed by atoms with E-state index in [-0.39, 0.29) is 12.3 Å². The lowest BCUT2D eigenvalue weighted by Gasteiger charge is -1.98. The first-order chi connectivity index (χ1) is 62.7. The van der Waals surface area contributed by atoms with Crippen molar-refractivity contribution in [3.8, 4) is 487 Å². The van der Waals surface area contributed by atoms with E-state index >= 15 is 0 Å². The van der Waals surface area contributed by atoms with Gasteiger partial charge >= 0.3 is 0 Å². The summed E-state index contributed by atoms with van der Waals surface area (Å²) < 4.78 is 42.7. The van der Waals surface area contributed by atoms with E-state index in [1.54, 1.807) is 140 Å². The molecule has 2 aromatic rings. The Kier molecular flexibility index (Phi) is 96.4. The average Bonchev–Trinajstić information content (AvgIpc) is 1.77. The number of aryl methyl sites for hydroxylation is 1. The molecule has 0 aliphatic carbocycles. The van der Waals surface area contributed by atoms with Crippen LogP contribution in [0, 0.1) is 487 Å². The molecular formula is C97H26N4O6S21. The first-order valence-corrected chi connectivity index (χ1v) is 58.6. The average molecular weight is 2020 g/mol.